The molecule has 0 heterocycles. The number of benzene rings is 1. The molecule has 0 spiro atoms. The lowest BCUT2D eigenvalue weighted by molar-refractivity contribution is -0.127. The van der Waals surface area contributed by atoms with Crippen LogP contribution < -0.4 is 10.6 Å². The lowest BCUT2D eigenvalue weighted by Crippen LogP contribution is -2.48. The van der Waals surface area contributed by atoms with Crippen molar-refractivity contribution in [1.82, 2.24) is 5.32 Å². The molecule has 0 saturated heterocycles. The molecule has 1 aromatic rings. The van der Waals surface area contributed by atoms with Gasteiger partial charge in [0.15, 0.2) is 5.11 Å². The Bertz CT molecular complexity index is 682. The molecule has 25 heavy (non-hydrogen) atoms. The van der Waals surface area contributed by atoms with Gasteiger partial charge in [-0.3, -0.25) is 4.79 Å². The van der Waals surface area contributed by atoms with Crippen molar-refractivity contribution in [2.75, 3.05) is 5.32 Å². The van der Waals surface area contributed by atoms with Crippen molar-refractivity contribution < 1.29 is 4.79 Å². The van der Waals surface area contributed by atoms with Crippen LogP contribution in [0.25, 0.3) is 0 Å². The van der Waals surface area contributed by atoms with E-state index in [0.29, 0.717) is 16.6 Å². The van der Waals surface area contributed by atoms with E-state index in [2.05, 4.69) is 10.6 Å². The average molecular weight is 377 g/mol. The van der Waals surface area contributed by atoms with Crippen molar-refractivity contribution in [2.45, 2.75) is 51.9 Å². The Morgan fingerprint density at radius 1 is 1.20 bits per heavy atom. The number of amides is 1. The molecule has 1 aromatic carbocycles. The van der Waals surface area contributed by atoms with Gasteiger partial charge in [-0.15, -0.1) is 0 Å². The van der Waals surface area contributed by atoms with Gasteiger partial charge in [0.2, 0.25) is 5.91 Å². The largest absolute Gasteiger partial charge is 0.332 e. The number of halogens is 1. The fraction of sp³-hybridized carbons (Fsp3) is 0.600. The molecule has 0 aromatic heterocycles. The number of anilines is 1. The van der Waals surface area contributed by atoms with E-state index in [1.807, 2.05) is 25.1 Å². The van der Waals surface area contributed by atoms with Gasteiger partial charge >= 0.3 is 0 Å². The summed E-state index contributed by atoms with van der Waals surface area (Å²) in [5, 5.41) is 7.04. The van der Waals surface area contributed by atoms with Crippen LogP contribution in [0.3, 0.4) is 0 Å². The first-order valence-electron chi connectivity index (χ1n) is 9.28. The van der Waals surface area contributed by atoms with Gasteiger partial charge in [-0.1, -0.05) is 17.7 Å². The maximum atomic E-state index is 12.6. The van der Waals surface area contributed by atoms with Crippen LogP contribution >= 0.6 is 23.8 Å². The van der Waals surface area contributed by atoms with E-state index in [1.54, 1.807) is 0 Å². The normalized spacial score (nSPS) is 32.5. The molecule has 5 rings (SSSR count). The SMILES string of the molecule is Cc1c(Cl)cccc1NC(=S)NC(=O)CC12CC3CC(CC(C3)C1)C2. The third-order valence-corrected chi connectivity index (χ3v) is 7.08. The summed E-state index contributed by atoms with van der Waals surface area (Å²) >= 11 is 11.5. The summed E-state index contributed by atoms with van der Waals surface area (Å²) in [6, 6.07) is 5.63. The van der Waals surface area contributed by atoms with Crippen LogP contribution in [0.4, 0.5) is 5.69 Å². The van der Waals surface area contributed by atoms with Gasteiger partial charge in [-0.25, -0.2) is 0 Å². The number of hydrogen-bond donors (Lipinski definition) is 2. The standard InChI is InChI=1S/C20H25ClN2OS/c1-12-16(21)3-2-4-17(12)22-19(25)23-18(24)11-20-8-13-5-14(9-20)7-15(6-13)10-20/h2-4,13-15H,5-11H2,1H3,(H2,22,23,24,25). The van der Waals surface area contributed by atoms with Crippen LogP contribution in [-0.2, 0) is 4.79 Å². The molecule has 3 nitrogen and oxygen atoms in total. The van der Waals surface area contributed by atoms with E-state index < -0.39 is 0 Å². The summed E-state index contributed by atoms with van der Waals surface area (Å²) in [5.41, 5.74) is 2.01. The molecule has 2 N–H and O–H groups in total. The smallest absolute Gasteiger partial charge is 0.226 e. The summed E-state index contributed by atoms with van der Waals surface area (Å²) in [4.78, 5) is 12.6. The van der Waals surface area contributed by atoms with Crippen molar-refractivity contribution in [3.05, 3.63) is 28.8 Å². The molecule has 4 saturated carbocycles. The molecule has 5 heteroatoms. The van der Waals surface area contributed by atoms with Gasteiger partial charge in [0.05, 0.1) is 0 Å². The second-order valence-electron chi connectivity index (χ2n) is 8.51. The highest BCUT2D eigenvalue weighted by molar-refractivity contribution is 7.80. The van der Waals surface area contributed by atoms with Crippen LogP contribution in [-0.4, -0.2) is 11.0 Å². The maximum absolute atomic E-state index is 12.6. The molecule has 134 valence electrons. The van der Waals surface area contributed by atoms with Crippen molar-refractivity contribution in [3.63, 3.8) is 0 Å². The minimum atomic E-state index is 0.0548. The highest BCUT2D eigenvalue weighted by atomic mass is 35.5. The van der Waals surface area contributed by atoms with Gasteiger partial charge in [0.25, 0.3) is 0 Å². The molecule has 4 aliphatic rings. The second kappa shape index (κ2) is 6.55. The topological polar surface area (TPSA) is 41.1 Å². The fourth-order valence-corrected chi connectivity index (χ4v) is 6.31. The van der Waals surface area contributed by atoms with Gasteiger partial charge < -0.3 is 10.6 Å². The monoisotopic (exact) mass is 376 g/mol. The van der Waals surface area contributed by atoms with E-state index in [-0.39, 0.29) is 11.3 Å². The highest BCUT2D eigenvalue weighted by Gasteiger charge is 2.51. The molecule has 4 bridgehead atoms. The quantitative estimate of drug-likeness (QED) is 0.724. The fourth-order valence-electron chi connectivity index (χ4n) is 5.91. The van der Waals surface area contributed by atoms with Gasteiger partial charge in [-0.05, 0) is 98.5 Å². The molecular weight excluding hydrogens is 352 g/mol. The van der Waals surface area contributed by atoms with Crippen LogP contribution in [0.1, 0.15) is 50.5 Å². The number of carbonyl (C=O) groups is 1. The summed E-state index contributed by atoms with van der Waals surface area (Å²) < 4.78 is 0. The molecule has 0 atom stereocenters. The Morgan fingerprint density at radius 2 is 1.80 bits per heavy atom. The van der Waals surface area contributed by atoms with Gasteiger partial charge in [0.1, 0.15) is 0 Å². The Kier molecular flexibility index (Phi) is 4.53. The minimum Gasteiger partial charge on any atom is -0.332 e. The number of nitrogens with one attached hydrogen (secondary N) is 2. The Labute approximate surface area is 159 Å². The van der Waals surface area contributed by atoms with E-state index in [1.165, 1.54) is 38.5 Å². The van der Waals surface area contributed by atoms with Crippen LogP contribution in [0.2, 0.25) is 5.02 Å². The van der Waals surface area contributed by atoms with Crippen molar-refractivity contribution in [2.24, 2.45) is 23.2 Å². The Hall–Kier alpha value is -1.13. The van der Waals surface area contributed by atoms with Crippen molar-refractivity contribution >= 4 is 40.5 Å². The summed E-state index contributed by atoms with van der Waals surface area (Å²) in [7, 11) is 0. The number of hydrogen-bond acceptors (Lipinski definition) is 2. The van der Waals surface area contributed by atoms with Crippen molar-refractivity contribution in [3.8, 4) is 0 Å². The number of carbonyl (C=O) groups excluding carboxylic acids is 1. The zero-order valence-electron chi connectivity index (χ0n) is 14.6. The zero-order chi connectivity index (χ0) is 17.6. The van der Waals surface area contributed by atoms with E-state index in [4.69, 9.17) is 23.8 Å². The summed E-state index contributed by atoms with van der Waals surface area (Å²) in [5.74, 6) is 2.63. The Morgan fingerprint density at radius 3 is 2.40 bits per heavy atom. The summed E-state index contributed by atoms with van der Waals surface area (Å²) in [6.45, 7) is 1.94. The summed E-state index contributed by atoms with van der Waals surface area (Å²) in [6.07, 6.45) is 8.52. The van der Waals surface area contributed by atoms with E-state index >= 15 is 0 Å². The molecule has 4 aliphatic carbocycles. The van der Waals surface area contributed by atoms with Crippen molar-refractivity contribution in [1.29, 1.82) is 0 Å². The second-order valence-corrected chi connectivity index (χ2v) is 9.32. The molecule has 1 amide bonds. The van der Waals surface area contributed by atoms with E-state index in [0.717, 1.165) is 29.0 Å². The average Bonchev–Trinajstić information content (AvgIpc) is 2.49. The molecule has 0 unspecified atom stereocenters. The lowest BCUT2D eigenvalue weighted by Gasteiger charge is -2.56. The first-order valence-corrected chi connectivity index (χ1v) is 10.1. The third kappa shape index (κ3) is 3.56. The first kappa shape index (κ1) is 17.3. The lowest BCUT2D eigenvalue weighted by atomic mass is 9.49. The zero-order valence-corrected chi connectivity index (χ0v) is 16.2. The maximum Gasteiger partial charge on any atom is 0.226 e. The van der Waals surface area contributed by atoms with Crippen LogP contribution in [0, 0.1) is 30.1 Å². The van der Waals surface area contributed by atoms with Gasteiger partial charge in [-0.2, -0.15) is 0 Å². The molecule has 0 aliphatic heterocycles. The van der Waals surface area contributed by atoms with E-state index in [9.17, 15) is 4.79 Å². The number of thiocarbonyl (C=S) groups is 1. The van der Waals surface area contributed by atoms with Crippen LogP contribution in [0.15, 0.2) is 18.2 Å². The number of rotatable bonds is 3. The molecule has 4 fully saturated rings. The third-order valence-electron chi connectivity index (χ3n) is 6.47. The molecular formula is C20H25ClN2OS. The Balaban J connectivity index is 1.36. The van der Waals surface area contributed by atoms with Crippen LogP contribution in [0.5, 0.6) is 0 Å². The predicted molar refractivity (Wildman–Crippen MR) is 106 cm³/mol. The first-order chi connectivity index (χ1) is 11.9. The van der Waals surface area contributed by atoms with Gasteiger partial charge in [0, 0.05) is 17.1 Å². The minimum absolute atomic E-state index is 0.0548. The predicted octanol–water partition coefficient (Wildman–Crippen LogP) is 5.07. The highest BCUT2D eigenvalue weighted by Crippen LogP contribution is 2.61. The molecule has 0 radical (unpaired) electrons.